The minimum Gasteiger partial charge on any atom is -0.445 e. The number of ether oxygens (including phenoxy) is 1. The molecule has 0 aromatic heterocycles. The minimum atomic E-state index is -0.233. The second-order valence-corrected chi connectivity index (χ2v) is 4.98. The van der Waals surface area contributed by atoms with Crippen LogP contribution in [0, 0.1) is 0 Å². The van der Waals surface area contributed by atoms with Crippen LogP contribution < -0.4 is 0 Å². The van der Waals surface area contributed by atoms with Crippen molar-refractivity contribution in [3.8, 4) is 0 Å². The zero-order valence-electron chi connectivity index (χ0n) is 11.3. The normalized spacial score (nSPS) is 13.7. The van der Waals surface area contributed by atoms with Gasteiger partial charge in [0.2, 0.25) is 0 Å². The Balaban J connectivity index is 1.59. The van der Waals surface area contributed by atoms with Crippen LogP contribution in [0.15, 0.2) is 54.6 Å². The lowest BCUT2D eigenvalue weighted by Gasteiger charge is -2.28. The summed E-state index contributed by atoms with van der Waals surface area (Å²) in [5, 5.41) is 0. The van der Waals surface area contributed by atoms with Gasteiger partial charge in [-0.3, -0.25) is 0 Å². The van der Waals surface area contributed by atoms with Crippen molar-refractivity contribution in [1.82, 2.24) is 4.90 Å². The van der Waals surface area contributed by atoms with Crippen molar-refractivity contribution in [3.05, 3.63) is 71.3 Å². The predicted octanol–water partition coefficient (Wildman–Crippen LogP) is 3.38. The van der Waals surface area contributed by atoms with Gasteiger partial charge in [-0.05, 0) is 23.1 Å². The van der Waals surface area contributed by atoms with Crippen molar-refractivity contribution >= 4 is 6.09 Å². The standard InChI is InChI=1S/C17H17NO2/c19-17(20-13-14-6-2-1-3-7-14)18-11-10-15-8-4-5-9-16(15)12-18/h1-9H,10-13H2. The molecule has 2 aromatic carbocycles. The summed E-state index contributed by atoms with van der Waals surface area (Å²) >= 11 is 0. The largest absolute Gasteiger partial charge is 0.445 e. The molecule has 102 valence electrons. The fourth-order valence-corrected chi connectivity index (χ4v) is 2.46. The van der Waals surface area contributed by atoms with Crippen LogP contribution in [0.25, 0.3) is 0 Å². The Kier molecular flexibility index (Phi) is 3.68. The first-order chi connectivity index (χ1) is 9.83. The monoisotopic (exact) mass is 267 g/mol. The molecule has 0 saturated heterocycles. The molecule has 1 aliphatic heterocycles. The second kappa shape index (κ2) is 5.78. The summed E-state index contributed by atoms with van der Waals surface area (Å²) < 4.78 is 5.37. The fourth-order valence-electron chi connectivity index (χ4n) is 2.46. The van der Waals surface area contributed by atoms with E-state index < -0.39 is 0 Å². The molecule has 20 heavy (non-hydrogen) atoms. The number of hydrogen-bond donors (Lipinski definition) is 0. The van der Waals surface area contributed by atoms with Crippen LogP contribution in [0.5, 0.6) is 0 Å². The van der Waals surface area contributed by atoms with Crippen molar-refractivity contribution in [2.75, 3.05) is 6.54 Å². The van der Waals surface area contributed by atoms with Crippen molar-refractivity contribution in [1.29, 1.82) is 0 Å². The van der Waals surface area contributed by atoms with Gasteiger partial charge in [-0.2, -0.15) is 0 Å². The number of fused-ring (bicyclic) bond motifs is 1. The lowest BCUT2D eigenvalue weighted by atomic mass is 10.0. The summed E-state index contributed by atoms with van der Waals surface area (Å²) in [5.41, 5.74) is 3.56. The van der Waals surface area contributed by atoms with Gasteiger partial charge in [0.1, 0.15) is 6.61 Å². The Morgan fingerprint density at radius 1 is 1.00 bits per heavy atom. The number of carbonyl (C=O) groups is 1. The molecule has 2 aromatic rings. The molecule has 3 nitrogen and oxygen atoms in total. The Morgan fingerprint density at radius 3 is 2.50 bits per heavy atom. The van der Waals surface area contributed by atoms with E-state index in [-0.39, 0.29) is 6.09 Å². The van der Waals surface area contributed by atoms with Crippen LogP contribution in [0.3, 0.4) is 0 Å². The van der Waals surface area contributed by atoms with Gasteiger partial charge in [-0.1, -0.05) is 54.6 Å². The molecule has 0 bridgehead atoms. The Morgan fingerprint density at radius 2 is 1.70 bits per heavy atom. The van der Waals surface area contributed by atoms with E-state index in [0.717, 1.165) is 18.5 Å². The summed E-state index contributed by atoms with van der Waals surface area (Å²) in [7, 11) is 0. The average molecular weight is 267 g/mol. The third-order valence-corrected chi connectivity index (χ3v) is 3.59. The van der Waals surface area contributed by atoms with E-state index in [1.807, 2.05) is 42.5 Å². The predicted molar refractivity (Wildman–Crippen MR) is 77.2 cm³/mol. The molecule has 0 aliphatic carbocycles. The number of nitrogens with zero attached hydrogens (tertiary/aromatic N) is 1. The van der Waals surface area contributed by atoms with E-state index in [1.165, 1.54) is 11.1 Å². The topological polar surface area (TPSA) is 29.5 Å². The van der Waals surface area contributed by atoms with Gasteiger partial charge >= 0.3 is 6.09 Å². The van der Waals surface area contributed by atoms with Gasteiger partial charge in [0.25, 0.3) is 0 Å². The maximum absolute atomic E-state index is 12.1. The fraction of sp³-hybridized carbons (Fsp3) is 0.235. The molecule has 1 aliphatic rings. The minimum absolute atomic E-state index is 0.233. The highest BCUT2D eigenvalue weighted by atomic mass is 16.6. The van der Waals surface area contributed by atoms with Crippen LogP contribution in [0.4, 0.5) is 4.79 Å². The van der Waals surface area contributed by atoms with E-state index in [1.54, 1.807) is 4.90 Å². The summed E-state index contributed by atoms with van der Waals surface area (Å²) in [5.74, 6) is 0. The molecular weight excluding hydrogens is 250 g/mol. The maximum atomic E-state index is 12.1. The quantitative estimate of drug-likeness (QED) is 0.834. The average Bonchev–Trinajstić information content (AvgIpc) is 2.53. The van der Waals surface area contributed by atoms with Crippen molar-refractivity contribution in [2.24, 2.45) is 0 Å². The SMILES string of the molecule is O=C(OCc1ccccc1)N1CCc2ccccc2C1. The third-order valence-electron chi connectivity index (χ3n) is 3.59. The van der Waals surface area contributed by atoms with Crippen LogP contribution in [0.1, 0.15) is 16.7 Å². The molecule has 0 N–H and O–H groups in total. The van der Waals surface area contributed by atoms with Crippen molar-refractivity contribution < 1.29 is 9.53 Å². The Labute approximate surface area is 118 Å². The molecule has 0 atom stereocenters. The molecular formula is C17H17NO2. The first kappa shape index (κ1) is 12.7. The number of benzene rings is 2. The first-order valence-corrected chi connectivity index (χ1v) is 6.85. The van der Waals surface area contributed by atoms with Gasteiger partial charge < -0.3 is 9.64 Å². The van der Waals surface area contributed by atoms with E-state index >= 15 is 0 Å². The molecule has 3 rings (SSSR count). The van der Waals surface area contributed by atoms with Crippen LogP contribution in [-0.2, 0) is 24.3 Å². The molecule has 0 fully saturated rings. The Hall–Kier alpha value is -2.29. The van der Waals surface area contributed by atoms with Gasteiger partial charge in [-0.15, -0.1) is 0 Å². The first-order valence-electron chi connectivity index (χ1n) is 6.85. The molecule has 1 heterocycles. The number of rotatable bonds is 2. The van der Waals surface area contributed by atoms with Crippen molar-refractivity contribution in [3.63, 3.8) is 0 Å². The Bertz CT molecular complexity index is 595. The number of amides is 1. The van der Waals surface area contributed by atoms with Gasteiger partial charge in [-0.25, -0.2) is 4.79 Å². The van der Waals surface area contributed by atoms with E-state index in [2.05, 4.69) is 12.1 Å². The van der Waals surface area contributed by atoms with Gasteiger partial charge in [0.05, 0.1) is 0 Å². The van der Waals surface area contributed by atoms with E-state index in [0.29, 0.717) is 13.2 Å². The second-order valence-electron chi connectivity index (χ2n) is 4.98. The van der Waals surface area contributed by atoms with E-state index in [4.69, 9.17) is 4.74 Å². The van der Waals surface area contributed by atoms with Crippen LogP contribution in [0.2, 0.25) is 0 Å². The van der Waals surface area contributed by atoms with Crippen LogP contribution >= 0.6 is 0 Å². The van der Waals surface area contributed by atoms with Crippen LogP contribution in [-0.4, -0.2) is 17.5 Å². The summed E-state index contributed by atoms with van der Waals surface area (Å²) in [6, 6.07) is 18.0. The van der Waals surface area contributed by atoms with Gasteiger partial charge in [0, 0.05) is 13.1 Å². The highest BCUT2D eigenvalue weighted by Gasteiger charge is 2.21. The summed E-state index contributed by atoms with van der Waals surface area (Å²) in [6.07, 6.45) is 0.666. The highest BCUT2D eigenvalue weighted by Crippen LogP contribution is 2.19. The summed E-state index contributed by atoms with van der Waals surface area (Å²) in [6.45, 7) is 1.70. The smallest absolute Gasteiger partial charge is 0.410 e. The maximum Gasteiger partial charge on any atom is 0.410 e. The lowest BCUT2D eigenvalue weighted by Crippen LogP contribution is -2.36. The summed E-state index contributed by atoms with van der Waals surface area (Å²) in [4.78, 5) is 13.9. The van der Waals surface area contributed by atoms with Gasteiger partial charge in [0.15, 0.2) is 0 Å². The zero-order chi connectivity index (χ0) is 13.8. The molecule has 0 unspecified atom stereocenters. The highest BCUT2D eigenvalue weighted by molar-refractivity contribution is 5.68. The molecule has 1 amide bonds. The van der Waals surface area contributed by atoms with Crippen molar-refractivity contribution in [2.45, 2.75) is 19.6 Å². The third kappa shape index (κ3) is 2.82. The molecule has 0 radical (unpaired) electrons. The number of hydrogen-bond acceptors (Lipinski definition) is 2. The zero-order valence-corrected chi connectivity index (χ0v) is 11.3. The lowest BCUT2D eigenvalue weighted by molar-refractivity contribution is 0.0918. The number of carbonyl (C=O) groups excluding carboxylic acids is 1. The van der Waals surface area contributed by atoms with E-state index in [9.17, 15) is 4.79 Å². The molecule has 3 heteroatoms. The molecule has 0 saturated carbocycles. The molecule has 0 spiro atoms.